The van der Waals surface area contributed by atoms with Crippen LogP contribution in [0.1, 0.15) is 33.6 Å². The molecule has 0 saturated carbocycles. The van der Waals surface area contributed by atoms with Gasteiger partial charge in [0.25, 0.3) is 0 Å². The lowest BCUT2D eigenvalue weighted by molar-refractivity contribution is -0.164. The molecular weight excluding hydrogens is 232 g/mol. The first-order valence-electron chi connectivity index (χ1n) is 5.86. The zero-order valence-corrected chi connectivity index (χ0v) is 10.9. The minimum atomic E-state index is -1.00. The first kappa shape index (κ1) is 14.3. The molecule has 0 bridgehead atoms. The molecule has 0 aromatic heterocycles. The summed E-state index contributed by atoms with van der Waals surface area (Å²) in [5, 5.41) is 9.12. The van der Waals surface area contributed by atoms with E-state index in [9.17, 15) is 9.59 Å². The summed E-state index contributed by atoms with van der Waals surface area (Å²) in [5.41, 5.74) is 0.00261. The summed E-state index contributed by atoms with van der Waals surface area (Å²) >= 11 is 0. The average Bonchev–Trinajstić information content (AvgIpc) is 2.28. The highest BCUT2D eigenvalue weighted by molar-refractivity contribution is 5.82. The van der Waals surface area contributed by atoms with Crippen molar-refractivity contribution >= 4 is 11.9 Å². The van der Waals surface area contributed by atoms with Crippen LogP contribution < -0.4 is 0 Å². The second-order valence-corrected chi connectivity index (χ2v) is 5.12. The lowest BCUT2D eigenvalue weighted by Gasteiger charge is -2.29. The molecule has 1 aliphatic rings. The second-order valence-electron chi connectivity index (χ2n) is 5.12. The second kappa shape index (κ2) is 5.26. The third-order valence-electron chi connectivity index (χ3n) is 3.07. The van der Waals surface area contributed by atoms with Crippen molar-refractivity contribution in [1.29, 1.82) is 0 Å². The van der Waals surface area contributed by atoms with E-state index in [4.69, 9.17) is 16.3 Å². The molecule has 4 heteroatoms. The number of hydrogen-bond donors (Lipinski definition) is 1. The van der Waals surface area contributed by atoms with Gasteiger partial charge in [0.1, 0.15) is 0 Å². The van der Waals surface area contributed by atoms with Crippen molar-refractivity contribution in [3.05, 3.63) is 11.6 Å². The van der Waals surface area contributed by atoms with Crippen LogP contribution in [0.4, 0.5) is 0 Å². The van der Waals surface area contributed by atoms with Gasteiger partial charge in [0.05, 0.1) is 11.8 Å². The molecule has 1 N–H and O–H groups in total. The lowest BCUT2D eigenvalue weighted by atomic mass is 9.80. The Labute approximate surface area is 107 Å². The monoisotopic (exact) mass is 250 g/mol. The zero-order valence-electron chi connectivity index (χ0n) is 10.9. The summed E-state index contributed by atoms with van der Waals surface area (Å²) < 4.78 is 5.19. The first-order chi connectivity index (χ1) is 8.26. The number of aliphatic carboxylic acids is 1. The topological polar surface area (TPSA) is 63.6 Å². The van der Waals surface area contributed by atoms with E-state index in [0.717, 1.165) is 5.57 Å². The Balaban J connectivity index is 2.86. The predicted octanol–water partition coefficient (Wildman–Crippen LogP) is 2.00. The van der Waals surface area contributed by atoms with Gasteiger partial charge in [-0.3, -0.25) is 9.59 Å². The fraction of sp³-hybridized carbons (Fsp3) is 0.571. The molecule has 0 spiro atoms. The molecule has 1 aliphatic carbocycles. The Morgan fingerprint density at radius 1 is 1.50 bits per heavy atom. The van der Waals surface area contributed by atoms with Gasteiger partial charge >= 0.3 is 11.9 Å². The summed E-state index contributed by atoms with van der Waals surface area (Å²) in [6, 6.07) is 0. The highest BCUT2D eigenvalue weighted by atomic mass is 16.6. The normalized spacial score (nSPS) is 23.8. The van der Waals surface area contributed by atoms with E-state index in [1.165, 1.54) is 0 Å². The maximum absolute atomic E-state index is 12.0. The van der Waals surface area contributed by atoms with Crippen molar-refractivity contribution in [3.8, 4) is 12.3 Å². The number of carbonyl (C=O) groups is 2. The summed E-state index contributed by atoms with van der Waals surface area (Å²) in [4.78, 5) is 23.2. The summed E-state index contributed by atoms with van der Waals surface area (Å²) in [6.07, 6.45) is 7.88. The number of terminal acetylenes is 1. The van der Waals surface area contributed by atoms with E-state index in [1.807, 2.05) is 13.0 Å². The van der Waals surface area contributed by atoms with Crippen LogP contribution in [0.15, 0.2) is 11.6 Å². The number of hydrogen-bond acceptors (Lipinski definition) is 3. The molecule has 2 atom stereocenters. The van der Waals surface area contributed by atoms with Crippen LogP contribution in [0, 0.1) is 24.2 Å². The Morgan fingerprint density at radius 3 is 2.61 bits per heavy atom. The van der Waals surface area contributed by atoms with Crippen LogP contribution in [0.5, 0.6) is 0 Å². The van der Waals surface area contributed by atoms with Crippen LogP contribution in [0.3, 0.4) is 0 Å². The van der Waals surface area contributed by atoms with Gasteiger partial charge in [-0.05, 0) is 33.6 Å². The minimum Gasteiger partial charge on any atom is -0.481 e. The molecule has 4 nitrogen and oxygen atoms in total. The fourth-order valence-electron chi connectivity index (χ4n) is 1.94. The smallest absolute Gasteiger partial charge is 0.311 e. The Hall–Kier alpha value is -1.76. The lowest BCUT2D eigenvalue weighted by Crippen LogP contribution is -2.37. The molecule has 0 unspecified atom stereocenters. The predicted molar refractivity (Wildman–Crippen MR) is 66.6 cm³/mol. The van der Waals surface area contributed by atoms with Crippen LogP contribution in [0.25, 0.3) is 0 Å². The van der Waals surface area contributed by atoms with Gasteiger partial charge < -0.3 is 9.84 Å². The van der Waals surface area contributed by atoms with Crippen molar-refractivity contribution in [2.24, 2.45) is 11.8 Å². The maximum Gasteiger partial charge on any atom is 0.311 e. The molecule has 0 aliphatic heterocycles. The summed E-state index contributed by atoms with van der Waals surface area (Å²) in [5.74, 6) is -0.521. The maximum atomic E-state index is 12.0. The fourth-order valence-corrected chi connectivity index (χ4v) is 1.94. The van der Waals surface area contributed by atoms with E-state index in [1.54, 1.807) is 13.8 Å². The molecule has 0 radical (unpaired) electrons. The van der Waals surface area contributed by atoms with Crippen molar-refractivity contribution in [1.82, 2.24) is 0 Å². The van der Waals surface area contributed by atoms with Crippen molar-refractivity contribution in [3.63, 3.8) is 0 Å². The van der Waals surface area contributed by atoms with Gasteiger partial charge in [-0.25, -0.2) is 0 Å². The molecule has 0 aromatic rings. The molecular formula is C14H18O4. The average molecular weight is 250 g/mol. The van der Waals surface area contributed by atoms with E-state index < -0.39 is 29.4 Å². The van der Waals surface area contributed by atoms with Crippen LogP contribution in [0.2, 0.25) is 0 Å². The number of carbonyl (C=O) groups excluding carboxylic acids is 1. The molecule has 0 fully saturated rings. The Bertz CT molecular complexity index is 426. The van der Waals surface area contributed by atoms with Gasteiger partial charge in [-0.15, -0.1) is 6.42 Å². The highest BCUT2D eigenvalue weighted by Gasteiger charge is 2.38. The minimum absolute atomic E-state index is 0.359. The van der Waals surface area contributed by atoms with Gasteiger partial charge in [0.2, 0.25) is 0 Å². The molecule has 1 rings (SSSR count). The van der Waals surface area contributed by atoms with E-state index in [0.29, 0.717) is 12.8 Å². The molecule has 98 valence electrons. The first-order valence-corrected chi connectivity index (χ1v) is 5.86. The standard InChI is InChI=1S/C14H18O4/c1-5-14(3,4)18-13(17)11-8-9(2)6-7-10(11)12(15)16/h1,6,10-11H,7-8H2,2-4H3,(H,15,16)/t10-,11+/m0/s1. The Morgan fingerprint density at radius 2 is 2.11 bits per heavy atom. The van der Waals surface area contributed by atoms with Gasteiger partial charge in [0, 0.05) is 0 Å². The number of allylic oxidation sites excluding steroid dienone is 2. The quantitative estimate of drug-likeness (QED) is 0.472. The van der Waals surface area contributed by atoms with E-state index >= 15 is 0 Å². The van der Waals surface area contributed by atoms with Crippen molar-refractivity contribution in [2.75, 3.05) is 0 Å². The van der Waals surface area contributed by atoms with Crippen LogP contribution in [-0.2, 0) is 14.3 Å². The third-order valence-corrected chi connectivity index (χ3v) is 3.07. The van der Waals surface area contributed by atoms with Crippen molar-refractivity contribution < 1.29 is 19.4 Å². The van der Waals surface area contributed by atoms with Crippen LogP contribution in [-0.4, -0.2) is 22.6 Å². The number of carboxylic acid groups (broad SMARTS) is 1. The zero-order chi connectivity index (χ0) is 13.9. The molecule has 0 amide bonds. The number of ether oxygens (including phenoxy) is 1. The number of rotatable bonds is 3. The SMILES string of the molecule is C#CC(C)(C)OC(=O)[C@@H]1CC(C)=CC[C@@H]1C(=O)O. The van der Waals surface area contributed by atoms with Gasteiger partial charge in [-0.2, -0.15) is 0 Å². The van der Waals surface area contributed by atoms with Crippen LogP contribution >= 0.6 is 0 Å². The van der Waals surface area contributed by atoms with Gasteiger partial charge in [-0.1, -0.05) is 17.6 Å². The summed E-state index contributed by atoms with van der Waals surface area (Å²) in [6.45, 7) is 5.09. The molecule has 0 aromatic carbocycles. The van der Waals surface area contributed by atoms with Gasteiger partial charge in [0.15, 0.2) is 5.60 Å². The largest absolute Gasteiger partial charge is 0.481 e. The number of carboxylic acids is 1. The number of esters is 1. The highest BCUT2D eigenvalue weighted by Crippen LogP contribution is 2.31. The van der Waals surface area contributed by atoms with E-state index in [-0.39, 0.29) is 0 Å². The third kappa shape index (κ3) is 3.36. The molecule has 0 heterocycles. The molecule has 18 heavy (non-hydrogen) atoms. The summed E-state index contributed by atoms with van der Waals surface area (Å²) in [7, 11) is 0. The Kier molecular flexibility index (Phi) is 4.18. The molecule has 0 saturated heterocycles. The van der Waals surface area contributed by atoms with E-state index in [2.05, 4.69) is 5.92 Å². The van der Waals surface area contributed by atoms with Crippen molar-refractivity contribution in [2.45, 2.75) is 39.2 Å².